The van der Waals surface area contributed by atoms with E-state index in [2.05, 4.69) is 10.6 Å². The van der Waals surface area contributed by atoms with Crippen LogP contribution in [0.3, 0.4) is 0 Å². The summed E-state index contributed by atoms with van der Waals surface area (Å²) in [4.78, 5) is 37.3. The van der Waals surface area contributed by atoms with Crippen molar-refractivity contribution in [2.45, 2.75) is 0 Å². The number of nitrogens with zero attached hydrogens (tertiary/aromatic N) is 1. The summed E-state index contributed by atoms with van der Waals surface area (Å²) in [5, 5.41) is 5.92. The quantitative estimate of drug-likeness (QED) is 0.791. The minimum atomic E-state index is -0.458. The molecular weight excluding hydrogens is 377 g/mol. The van der Waals surface area contributed by atoms with E-state index in [9.17, 15) is 14.4 Å². The van der Waals surface area contributed by atoms with Crippen molar-refractivity contribution in [1.82, 2.24) is 10.2 Å². The summed E-state index contributed by atoms with van der Waals surface area (Å²) in [7, 11) is 1.47. The van der Waals surface area contributed by atoms with Crippen molar-refractivity contribution in [2.75, 3.05) is 25.5 Å². The number of anilines is 1. The summed E-state index contributed by atoms with van der Waals surface area (Å²) in [6.07, 6.45) is 0. The highest BCUT2D eigenvalue weighted by molar-refractivity contribution is 6.33. The Labute approximate surface area is 161 Å². The number of rotatable bonds is 6. The van der Waals surface area contributed by atoms with Crippen molar-refractivity contribution in [3.05, 3.63) is 64.1 Å². The van der Waals surface area contributed by atoms with Crippen LogP contribution < -0.4 is 10.6 Å². The lowest BCUT2D eigenvalue weighted by Gasteiger charge is -2.17. The van der Waals surface area contributed by atoms with Crippen molar-refractivity contribution in [3.63, 3.8) is 0 Å². The van der Waals surface area contributed by atoms with Gasteiger partial charge in [0.2, 0.25) is 11.8 Å². The monoisotopic (exact) mass is 393 g/mol. The third-order valence-corrected chi connectivity index (χ3v) is 4.00. The van der Waals surface area contributed by atoms with Crippen LogP contribution in [0.1, 0.15) is 10.4 Å². The zero-order valence-corrected chi connectivity index (χ0v) is 15.5. The van der Waals surface area contributed by atoms with Gasteiger partial charge in [-0.1, -0.05) is 41.4 Å². The number of carbonyl (C=O) groups is 3. The smallest absolute Gasteiger partial charge is 0.253 e. The van der Waals surface area contributed by atoms with Crippen molar-refractivity contribution >= 4 is 46.6 Å². The highest BCUT2D eigenvalue weighted by Gasteiger charge is 2.15. The van der Waals surface area contributed by atoms with Gasteiger partial charge in [-0.25, -0.2) is 0 Å². The Morgan fingerprint density at radius 3 is 2.46 bits per heavy atom. The largest absolute Gasteiger partial charge is 0.343 e. The average molecular weight is 394 g/mol. The molecule has 0 aliphatic rings. The van der Waals surface area contributed by atoms with E-state index >= 15 is 0 Å². The van der Waals surface area contributed by atoms with Gasteiger partial charge < -0.3 is 15.5 Å². The first-order valence-corrected chi connectivity index (χ1v) is 8.44. The van der Waals surface area contributed by atoms with Crippen LogP contribution in [0.25, 0.3) is 0 Å². The topological polar surface area (TPSA) is 78.5 Å². The van der Waals surface area contributed by atoms with E-state index in [1.165, 1.54) is 11.9 Å². The zero-order chi connectivity index (χ0) is 19.1. The lowest BCUT2D eigenvalue weighted by atomic mass is 10.2. The van der Waals surface area contributed by atoms with Crippen LogP contribution in [0, 0.1) is 0 Å². The maximum Gasteiger partial charge on any atom is 0.253 e. The Morgan fingerprint density at radius 1 is 1.04 bits per heavy atom. The molecule has 2 rings (SSSR count). The number of likely N-dealkylation sites (N-methyl/N-ethyl adjacent to an activating group) is 1. The standard InChI is InChI=1S/C18H17Cl2N3O3/c1-23(11-16(24)22-13-6-4-5-12(19)9-13)17(25)10-21-18(26)14-7-2-3-8-15(14)20/h2-9H,10-11H2,1H3,(H,21,26)(H,22,24). The molecule has 0 saturated carbocycles. The number of amides is 3. The fourth-order valence-corrected chi connectivity index (χ4v) is 2.51. The molecule has 0 aliphatic heterocycles. The Bertz CT molecular complexity index is 827. The minimum Gasteiger partial charge on any atom is -0.343 e. The van der Waals surface area contributed by atoms with Crippen LogP contribution in [-0.4, -0.2) is 42.8 Å². The van der Waals surface area contributed by atoms with Gasteiger partial charge in [-0.05, 0) is 30.3 Å². The molecule has 0 fully saturated rings. The third kappa shape index (κ3) is 5.75. The number of hydrogen-bond donors (Lipinski definition) is 2. The van der Waals surface area contributed by atoms with Crippen molar-refractivity contribution in [2.24, 2.45) is 0 Å². The third-order valence-electron chi connectivity index (χ3n) is 3.43. The summed E-state index contributed by atoms with van der Waals surface area (Å²) in [5.74, 6) is -1.24. The number of carbonyl (C=O) groups excluding carboxylic acids is 3. The van der Waals surface area contributed by atoms with Crippen LogP contribution in [0.2, 0.25) is 10.0 Å². The number of hydrogen-bond acceptors (Lipinski definition) is 3. The lowest BCUT2D eigenvalue weighted by molar-refractivity contribution is -0.132. The number of halogens is 2. The Balaban J connectivity index is 1.82. The van der Waals surface area contributed by atoms with Gasteiger partial charge in [-0.2, -0.15) is 0 Å². The zero-order valence-electron chi connectivity index (χ0n) is 14.0. The summed E-state index contributed by atoms with van der Waals surface area (Å²) < 4.78 is 0. The van der Waals surface area contributed by atoms with Gasteiger partial charge in [0, 0.05) is 17.8 Å². The Morgan fingerprint density at radius 2 is 1.77 bits per heavy atom. The molecule has 2 N–H and O–H groups in total. The molecule has 2 aromatic rings. The van der Waals surface area contributed by atoms with Crippen LogP contribution >= 0.6 is 23.2 Å². The number of benzene rings is 2. The van der Waals surface area contributed by atoms with Crippen LogP contribution in [0.4, 0.5) is 5.69 Å². The lowest BCUT2D eigenvalue weighted by Crippen LogP contribution is -2.41. The summed E-state index contributed by atoms with van der Waals surface area (Å²) >= 11 is 11.8. The van der Waals surface area contributed by atoms with Crippen molar-refractivity contribution in [3.8, 4) is 0 Å². The molecule has 0 radical (unpaired) electrons. The predicted molar refractivity (Wildman–Crippen MR) is 102 cm³/mol. The van der Waals surface area contributed by atoms with Crippen LogP contribution in [0.5, 0.6) is 0 Å². The van der Waals surface area contributed by atoms with Gasteiger partial charge in [0.1, 0.15) is 0 Å². The first kappa shape index (κ1) is 19.8. The Hall–Kier alpha value is -2.57. The van der Waals surface area contributed by atoms with Crippen molar-refractivity contribution < 1.29 is 14.4 Å². The molecule has 26 heavy (non-hydrogen) atoms. The van der Waals surface area contributed by atoms with Gasteiger partial charge in [0.25, 0.3) is 5.91 Å². The molecule has 136 valence electrons. The van der Waals surface area contributed by atoms with E-state index in [-0.39, 0.29) is 24.6 Å². The molecule has 6 nitrogen and oxygen atoms in total. The van der Waals surface area contributed by atoms with Crippen LogP contribution in [-0.2, 0) is 9.59 Å². The average Bonchev–Trinajstić information content (AvgIpc) is 2.59. The van der Waals surface area contributed by atoms with Gasteiger partial charge >= 0.3 is 0 Å². The van der Waals surface area contributed by atoms with E-state index in [0.29, 0.717) is 15.7 Å². The first-order valence-electron chi connectivity index (χ1n) is 7.69. The van der Waals surface area contributed by atoms with E-state index in [1.807, 2.05) is 0 Å². The predicted octanol–water partition coefficient (Wildman–Crippen LogP) is 2.82. The first-order chi connectivity index (χ1) is 12.4. The second-order valence-corrected chi connectivity index (χ2v) is 6.31. The molecule has 0 unspecified atom stereocenters. The molecular formula is C18H17Cl2N3O3. The highest BCUT2D eigenvalue weighted by atomic mass is 35.5. The summed E-state index contributed by atoms with van der Waals surface area (Å²) in [5.41, 5.74) is 0.818. The number of nitrogens with one attached hydrogen (secondary N) is 2. The SMILES string of the molecule is CN(CC(=O)Nc1cccc(Cl)c1)C(=O)CNC(=O)c1ccccc1Cl. The molecule has 0 bridgehead atoms. The molecule has 0 aliphatic carbocycles. The van der Waals surface area contributed by atoms with Gasteiger partial charge in [-0.3, -0.25) is 14.4 Å². The van der Waals surface area contributed by atoms with Gasteiger partial charge in [0.05, 0.1) is 23.7 Å². The molecule has 0 saturated heterocycles. The molecule has 8 heteroatoms. The fraction of sp³-hybridized carbons (Fsp3) is 0.167. The molecule has 0 spiro atoms. The fourth-order valence-electron chi connectivity index (χ4n) is 2.10. The molecule has 3 amide bonds. The molecule has 0 atom stereocenters. The maximum absolute atomic E-state index is 12.1. The Kier molecular flexibility index (Phi) is 7.00. The summed E-state index contributed by atoms with van der Waals surface area (Å²) in [6.45, 7) is -0.404. The molecule has 2 aromatic carbocycles. The summed E-state index contributed by atoms with van der Waals surface area (Å²) in [6, 6.07) is 13.2. The minimum absolute atomic E-state index is 0.159. The normalized spacial score (nSPS) is 10.1. The molecule has 0 aromatic heterocycles. The van der Waals surface area contributed by atoms with E-state index in [0.717, 1.165) is 0 Å². The van der Waals surface area contributed by atoms with Gasteiger partial charge in [0.15, 0.2) is 0 Å². The molecule has 0 heterocycles. The van der Waals surface area contributed by atoms with E-state index in [1.54, 1.807) is 48.5 Å². The van der Waals surface area contributed by atoms with Crippen molar-refractivity contribution in [1.29, 1.82) is 0 Å². The highest BCUT2D eigenvalue weighted by Crippen LogP contribution is 2.15. The second kappa shape index (κ2) is 9.22. The second-order valence-electron chi connectivity index (χ2n) is 5.47. The van der Waals surface area contributed by atoms with Gasteiger partial charge in [-0.15, -0.1) is 0 Å². The van der Waals surface area contributed by atoms with E-state index < -0.39 is 11.8 Å². The van der Waals surface area contributed by atoms with Crippen LogP contribution in [0.15, 0.2) is 48.5 Å². The maximum atomic E-state index is 12.1. The van der Waals surface area contributed by atoms with E-state index in [4.69, 9.17) is 23.2 Å².